The molecule has 3 N–H and O–H groups in total. The number of sulfonamides is 1. The lowest BCUT2D eigenvalue weighted by molar-refractivity contribution is 0.357. The standard InChI is InChI=1S/C26H21N3O5S/c1-33-19-9-4-6-16(12-19)15-29-22-11-3-2-10-20(22)24-25(35(29,31)32)23(21(14-27)26(28)34-24)17-7-5-8-18(30)13-17/h2-13,23,30H,15,28H2,1H3/t23-/m0/s1. The molecule has 0 spiro atoms. The smallest absolute Gasteiger partial charge is 0.265 e. The Morgan fingerprint density at radius 2 is 1.89 bits per heavy atom. The molecule has 2 aliphatic rings. The van der Waals surface area contributed by atoms with Gasteiger partial charge in [-0.25, -0.2) is 8.42 Å². The minimum atomic E-state index is -4.21. The van der Waals surface area contributed by atoms with Crippen molar-refractivity contribution >= 4 is 21.5 Å². The third-order valence-corrected chi connectivity index (χ3v) is 7.90. The van der Waals surface area contributed by atoms with Crippen molar-refractivity contribution in [3.05, 3.63) is 106 Å². The molecule has 0 unspecified atom stereocenters. The zero-order chi connectivity index (χ0) is 24.7. The summed E-state index contributed by atoms with van der Waals surface area (Å²) in [5.41, 5.74) is 8.15. The third-order valence-electron chi connectivity index (χ3n) is 6.02. The van der Waals surface area contributed by atoms with Gasteiger partial charge >= 0.3 is 0 Å². The molecule has 0 saturated carbocycles. The molecule has 0 saturated heterocycles. The minimum Gasteiger partial charge on any atom is -0.508 e. The summed E-state index contributed by atoms with van der Waals surface area (Å²) in [6.07, 6.45) is 0. The molecule has 176 valence electrons. The summed E-state index contributed by atoms with van der Waals surface area (Å²) in [7, 11) is -2.66. The van der Waals surface area contributed by atoms with E-state index in [4.69, 9.17) is 15.2 Å². The van der Waals surface area contributed by atoms with Gasteiger partial charge in [0.05, 0.1) is 25.3 Å². The highest BCUT2D eigenvalue weighted by Gasteiger charge is 2.47. The van der Waals surface area contributed by atoms with Crippen LogP contribution in [0.15, 0.2) is 89.2 Å². The van der Waals surface area contributed by atoms with Gasteiger partial charge in [0.1, 0.15) is 28.0 Å². The van der Waals surface area contributed by atoms with Gasteiger partial charge in [-0.05, 0) is 47.5 Å². The van der Waals surface area contributed by atoms with Gasteiger partial charge in [0.25, 0.3) is 10.0 Å². The number of hydrogen-bond acceptors (Lipinski definition) is 7. The fourth-order valence-electron chi connectivity index (χ4n) is 4.45. The molecule has 2 heterocycles. The lowest BCUT2D eigenvalue weighted by Gasteiger charge is -2.38. The molecule has 2 aliphatic heterocycles. The number of ether oxygens (including phenoxy) is 2. The average molecular weight is 488 g/mol. The van der Waals surface area contributed by atoms with Crippen LogP contribution in [0.5, 0.6) is 11.5 Å². The van der Waals surface area contributed by atoms with Gasteiger partial charge in [-0.2, -0.15) is 5.26 Å². The van der Waals surface area contributed by atoms with Crippen molar-refractivity contribution in [2.24, 2.45) is 5.73 Å². The number of rotatable bonds is 4. The van der Waals surface area contributed by atoms with E-state index in [2.05, 4.69) is 0 Å². The highest BCUT2D eigenvalue weighted by atomic mass is 32.2. The molecular weight excluding hydrogens is 466 g/mol. The zero-order valence-electron chi connectivity index (χ0n) is 18.7. The van der Waals surface area contributed by atoms with Crippen molar-refractivity contribution in [2.75, 3.05) is 11.4 Å². The topological polar surface area (TPSA) is 126 Å². The molecule has 3 aromatic rings. The summed E-state index contributed by atoms with van der Waals surface area (Å²) in [5, 5.41) is 20.0. The number of methoxy groups -OCH3 is 1. The summed E-state index contributed by atoms with van der Waals surface area (Å²) < 4.78 is 40.9. The lowest BCUT2D eigenvalue weighted by atomic mass is 9.88. The Morgan fingerprint density at radius 3 is 2.63 bits per heavy atom. The number of phenolic OH excluding ortho intramolecular Hbond substituents is 1. The van der Waals surface area contributed by atoms with E-state index in [0.29, 0.717) is 28.1 Å². The molecule has 1 atom stereocenters. The normalized spacial score (nSPS) is 18.3. The van der Waals surface area contributed by atoms with E-state index in [1.54, 1.807) is 61.7 Å². The largest absolute Gasteiger partial charge is 0.508 e. The van der Waals surface area contributed by atoms with E-state index in [-0.39, 0.29) is 34.4 Å². The number of para-hydroxylation sites is 1. The number of benzene rings is 3. The van der Waals surface area contributed by atoms with Gasteiger partial charge in [-0.3, -0.25) is 4.31 Å². The van der Waals surface area contributed by atoms with Crippen molar-refractivity contribution in [3.63, 3.8) is 0 Å². The van der Waals surface area contributed by atoms with Crippen LogP contribution in [0.25, 0.3) is 5.76 Å². The molecule has 35 heavy (non-hydrogen) atoms. The molecule has 0 radical (unpaired) electrons. The first-order valence-corrected chi connectivity index (χ1v) is 12.1. The average Bonchev–Trinajstić information content (AvgIpc) is 2.86. The fraction of sp³-hybridized carbons (Fsp3) is 0.115. The maximum atomic E-state index is 14.2. The van der Waals surface area contributed by atoms with Crippen molar-refractivity contribution in [2.45, 2.75) is 12.5 Å². The third kappa shape index (κ3) is 3.64. The summed E-state index contributed by atoms with van der Waals surface area (Å²) in [4.78, 5) is -0.101. The number of anilines is 1. The number of allylic oxidation sites excluding steroid dienone is 2. The Kier molecular flexibility index (Phi) is 5.38. The minimum absolute atomic E-state index is 0.0289. The second-order valence-corrected chi connectivity index (χ2v) is 9.92. The van der Waals surface area contributed by atoms with Crippen LogP contribution in [0.2, 0.25) is 0 Å². The molecule has 0 fully saturated rings. The summed E-state index contributed by atoms with van der Waals surface area (Å²) >= 11 is 0. The second-order valence-electron chi connectivity index (χ2n) is 8.09. The van der Waals surface area contributed by atoms with Crippen LogP contribution in [0, 0.1) is 11.3 Å². The van der Waals surface area contributed by atoms with Crippen molar-refractivity contribution in [1.82, 2.24) is 0 Å². The molecule has 0 aliphatic carbocycles. The fourth-order valence-corrected chi connectivity index (χ4v) is 6.37. The number of fused-ring (bicyclic) bond motifs is 2. The Hall–Kier alpha value is -4.42. The summed E-state index contributed by atoms with van der Waals surface area (Å²) in [6, 6.07) is 22.3. The first-order chi connectivity index (χ1) is 16.8. The SMILES string of the molecule is COc1cccc(CN2c3ccccc3C3=C([C@@H](c4cccc(O)c4)C(C#N)=C(N)O3)S2(=O)=O)c1. The van der Waals surface area contributed by atoms with Gasteiger partial charge < -0.3 is 20.3 Å². The van der Waals surface area contributed by atoms with Gasteiger partial charge in [-0.15, -0.1) is 0 Å². The van der Waals surface area contributed by atoms with Crippen LogP contribution in [-0.2, 0) is 21.3 Å². The summed E-state index contributed by atoms with van der Waals surface area (Å²) in [5.74, 6) is -0.611. The number of nitrogens with two attached hydrogens (primary N) is 1. The predicted octanol–water partition coefficient (Wildman–Crippen LogP) is 3.93. The highest BCUT2D eigenvalue weighted by molar-refractivity contribution is 7.96. The molecule has 0 amide bonds. The Morgan fingerprint density at radius 1 is 1.11 bits per heavy atom. The highest BCUT2D eigenvalue weighted by Crippen LogP contribution is 2.51. The van der Waals surface area contributed by atoms with Gasteiger partial charge in [-0.1, -0.05) is 36.4 Å². The van der Waals surface area contributed by atoms with E-state index in [1.165, 1.54) is 16.4 Å². The van der Waals surface area contributed by atoms with E-state index in [1.807, 2.05) is 12.1 Å². The van der Waals surface area contributed by atoms with Crippen LogP contribution in [0.3, 0.4) is 0 Å². The maximum Gasteiger partial charge on any atom is 0.265 e. The van der Waals surface area contributed by atoms with Crippen molar-refractivity contribution < 1.29 is 23.0 Å². The van der Waals surface area contributed by atoms with Crippen molar-refractivity contribution in [3.8, 4) is 17.6 Å². The number of phenols is 1. The molecule has 5 rings (SSSR count). The summed E-state index contributed by atoms with van der Waals surface area (Å²) in [6.45, 7) is 0.0289. The number of nitriles is 1. The van der Waals surface area contributed by atoms with Gasteiger partial charge in [0.2, 0.25) is 5.88 Å². The second kappa shape index (κ2) is 8.42. The molecule has 9 heteroatoms. The predicted molar refractivity (Wildman–Crippen MR) is 130 cm³/mol. The molecule has 0 aromatic heterocycles. The van der Waals surface area contributed by atoms with Crippen LogP contribution >= 0.6 is 0 Å². The van der Waals surface area contributed by atoms with Crippen molar-refractivity contribution in [1.29, 1.82) is 5.26 Å². The van der Waals surface area contributed by atoms with E-state index >= 15 is 0 Å². The first kappa shape index (κ1) is 22.4. The van der Waals surface area contributed by atoms with E-state index < -0.39 is 15.9 Å². The molecule has 8 nitrogen and oxygen atoms in total. The number of hydrogen-bond donors (Lipinski definition) is 2. The number of nitrogens with zero attached hydrogens (tertiary/aromatic N) is 2. The van der Waals surface area contributed by atoms with E-state index in [9.17, 15) is 18.8 Å². The Balaban J connectivity index is 1.75. The number of aromatic hydroxyl groups is 1. The molecular formula is C26H21N3O5S. The van der Waals surface area contributed by atoms with E-state index in [0.717, 1.165) is 0 Å². The maximum absolute atomic E-state index is 14.2. The first-order valence-electron chi connectivity index (χ1n) is 10.7. The zero-order valence-corrected chi connectivity index (χ0v) is 19.5. The molecule has 0 bridgehead atoms. The lowest BCUT2D eigenvalue weighted by Crippen LogP contribution is -2.39. The molecule has 3 aromatic carbocycles. The van der Waals surface area contributed by atoms with Crippen LogP contribution < -0.4 is 14.8 Å². The Labute approximate surface area is 202 Å². The Bertz CT molecular complexity index is 1550. The van der Waals surface area contributed by atoms with Crippen LogP contribution in [0.4, 0.5) is 5.69 Å². The van der Waals surface area contributed by atoms with Gasteiger partial charge in [0, 0.05) is 5.56 Å². The van der Waals surface area contributed by atoms with Gasteiger partial charge in [0.15, 0.2) is 5.76 Å². The monoisotopic (exact) mass is 487 g/mol. The van der Waals surface area contributed by atoms with Crippen LogP contribution in [0.1, 0.15) is 22.6 Å². The quantitative estimate of drug-likeness (QED) is 0.571. The van der Waals surface area contributed by atoms with Crippen LogP contribution in [-0.4, -0.2) is 20.6 Å².